The molecule has 0 fully saturated rings. The first-order valence-electron chi connectivity index (χ1n) is 16.7. The number of thiazole rings is 2. The number of para-hydroxylation sites is 1. The van der Waals surface area contributed by atoms with Gasteiger partial charge in [0.2, 0.25) is 0 Å². The minimum absolute atomic E-state index is 0.0125. The van der Waals surface area contributed by atoms with E-state index in [1.165, 1.54) is 17.4 Å². The van der Waals surface area contributed by atoms with Gasteiger partial charge in [-0.2, -0.15) is 0 Å². The summed E-state index contributed by atoms with van der Waals surface area (Å²) < 4.78 is 21.7. The summed E-state index contributed by atoms with van der Waals surface area (Å²) in [7, 11) is 0. The molecule has 0 spiro atoms. The van der Waals surface area contributed by atoms with Crippen molar-refractivity contribution in [2.75, 3.05) is 29.9 Å². The van der Waals surface area contributed by atoms with Crippen LogP contribution in [0.3, 0.4) is 0 Å². The maximum atomic E-state index is 14.8. The normalized spacial score (nSPS) is 12.8. The Morgan fingerprint density at radius 1 is 1.12 bits per heavy atom. The summed E-state index contributed by atoms with van der Waals surface area (Å²) in [6, 6.07) is 13.4. The zero-order valence-corrected chi connectivity index (χ0v) is 30.4. The molecule has 260 valence electrons. The lowest BCUT2D eigenvalue weighted by Crippen LogP contribution is -2.37. The first-order chi connectivity index (χ1) is 24.1. The molecule has 1 aliphatic heterocycles. The average molecular weight is 714 g/mol. The van der Waals surface area contributed by atoms with Gasteiger partial charge in [0.15, 0.2) is 39.2 Å². The molecular weight excluding hydrogens is 674 g/mol. The summed E-state index contributed by atoms with van der Waals surface area (Å²) in [6.07, 6.45) is 2.58. The van der Waals surface area contributed by atoms with Crippen molar-refractivity contribution >= 4 is 60.8 Å². The number of rotatable bonds is 12. The number of fused-ring (bicyclic) bond motifs is 2. The Bertz CT molecular complexity index is 2030. The lowest BCUT2D eigenvalue weighted by atomic mass is 10.0. The quantitative estimate of drug-likeness (QED) is 0.0973. The molecule has 0 atom stereocenters. The summed E-state index contributed by atoms with van der Waals surface area (Å²) in [5, 5.41) is 23.7. The predicted octanol–water partition coefficient (Wildman–Crippen LogP) is 8.00. The minimum Gasteiger partial charge on any atom is -0.491 e. The van der Waals surface area contributed by atoms with Crippen LogP contribution in [0.2, 0.25) is 0 Å². The standard InChI is InChI=1S/C37H40FN7O3S2/c1-22(2)44(23(3)4)18-8-11-25-16-17-29(27(38)21-25)48-20-10-15-31-32(35(46)47)40-37(50-31)45-19-9-12-26-24(5)33(42-43-34(26)45)41-36-39-28-13-6-7-14-30(28)49-36/h6-7,13-14,16-17,21-23H,9-10,12,15,18-20H2,1-5H3,(H,46,47)(H,39,41,42). The Balaban J connectivity index is 1.10. The summed E-state index contributed by atoms with van der Waals surface area (Å²) in [5.41, 5.74) is 3.55. The van der Waals surface area contributed by atoms with Crippen LogP contribution in [0.15, 0.2) is 42.5 Å². The van der Waals surface area contributed by atoms with E-state index in [-0.39, 0.29) is 18.1 Å². The fourth-order valence-electron chi connectivity index (χ4n) is 6.01. The molecule has 4 heterocycles. The summed E-state index contributed by atoms with van der Waals surface area (Å²) in [4.78, 5) is 26.2. The van der Waals surface area contributed by atoms with E-state index in [0.29, 0.717) is 65.2 Å². The van der Waals surface area contributed by atoms with Crippen molar-refractivity contribution in [1.82, 2.24) is 25.1 Å². The zero-order chi connectivity index (χ0) is 35.4. The Kier molecular flexibility index (Phi) is 10.9. The highest BCUT2D eigenvalue weighted by Gasteiger charge is 2.28. The van der Waals surface area contributed by atoms with Crippen molar-refractivity contribution in [2.45, 2.75) is 72.4 Å². The molecule has 13 heteroatoms. The Morgan fingerprint density at radius 3 is 2.66 bits per heavy atom. The highest BCUT2D eigenvalue weighted by molar-refractivity contribution is 7.22. The number of hydrogen-bond donors (Lipinski definition) is 2. The van der Waals surface area contributed by atoms with Gasteiger partial charge in [-0.1, -0.05) is 35.3 Å². The van der Waals surface area contributed by atoms with Crippen molar-refractivity contribution in [2.24, 2.45) is 0 Å². The molecule has 6 rings (SSSR count). The number of halogens is 1. The third-order valence-electron chi connectivity index (χ3n) is 8.58. The predicted molar refractivity (Wildman–Crippen MR) is 198 cm³/mol. The second-order valence-electron chi connectivity index (χ2n) is 12.7. The first-order valence-corrected chi connectivity index (χ1v) is 18.4. The van der Waals surface area contributed by atoms with Crippen LogP contribution in [0.1, 0.15) is 72.6 Å². The van der Waals surface area contributed by atoms with Gasteiger partial charge in [-0.25, -0.2) is 19.2 Å². The van der Waals surface area contributed by atoms with E-state index >= 15 is 0 Å². The van der Waals surface area contributed by atoms with E-state index in [0.717, 1.165) is 39.3 Å². The summed E-state index contributed by atoms with van der Waals surface area (Å²) in [5.74, 6) is 6.09. The molecule has 1 aliphatic rings. The van der Waals surface area contributed by atoms with Crippen LogP contribution in [-0.2, 0) is 12.8 Å². The highest BCUT2D eigenvalue weighted by atomic mass is 32.1. The number of nitrogens with zero attached hydrogens (tertiary/aromatic N) is 6. The van der Waals surface area contributed by atoms with Crippen molar-refractivity contribution in [3.8, 4) is 17.6 Å². The average Bonchev–Trinajstić information content (AvgIpc) is 3.71. The van der Waals surface area contributed by atoms with Gasteiger partial charge in [0, 0.05) is 40.2 Å². The second-order valence-corrected chi connectivity index (χ2v) is 14.8. The molecule has 10 nitrogen and oxygen atoms in total. The van der Waals surface area contributed by atoms with Gasteiger partial charge in [0.1, 0.15) is 0 Å². The fraction of sp³-hybridized carbons (Fsp3) is 0.378. The van der Waals surface area contributed by atoms with Crippen molar-refractivity contribution < 1.29 is 19.0 Å². The van der Waals surface area contributed by atoms with Crippen LogP contribution in [0.4, 0.5) is 26.3 Å². The third kappa shape index (κ3) is 7.88. The number of ether oxygens (including phenoxy) is 1. The van der Waals surface area contributed by atoms with Crippen LogP contribution in [0.25, 0.3) is 10.2 Å². The smallest absolute Gasteiger partial charge is 0.355 e. The molecule has 50 heavy (non-hydrogen) atoms. The monoisotopic (exact) mass is 713 g/mol. The van der Waals surface area contributed by atoms with Gasteiger partial charge in [0.25, 0.3) is 0 Å². The molecule has 3 aromatic heterocycles. The second kappa shape index (κ2) is 15.5. The summed E-state index contributed by atoms with van der Waals surface area (Å²) >= 11 is 2.89. The maximum Gasteiger partial charge on any atom is 0.355 e. The van der Waals surface area contributed by atoms with E-state index in [1.54, 1.807) is 23.5 Å². The van der Waals surface area contributed by atoms with Crippen LogP contribution in [-0.4, -0.2) is 67.9 Å². The number of benzene rings is 2. The van der Waals surface area contributed by atoms with Crippen LogP contribution < -0.4 is 15.0 Å². The van der Waals surface area contributed by atoms with E-state index < -0.39 is 11.8 Å². The molecule has 0 amide bonds. The van der Waals surface area contributed by atoms with Crippen LogP contribution >= 0.6 is 22.7 Å². The molecule has 0 bridgehead atoms. The number of anilines is 4. The molecule has 0 saturated heterocycles. The number of carbonyl (C=O) groups is 1. The lowest BCUT2D eigenvalue weighted by molar-refractivity contribution is 0.0690. The fourth-order valence-corrected chi connectivity index (χ4v) is 7.99. The number of carboxylic acid groups (broad SMARTS) is 1. The summed E-state index contributed by atoms with van der Waals surface area (Å²) in [6.45, 7) is 12.0. The maximum absolute atomic E-state index is 14.8. The minimum atomic E-state index is -1.09. The third-order valence-corrected chi connectivity index (χ3v) is 10.7. The molecule has 5 aromatic rings. The molecule has 0 aliphatic carbocycles. The van der Waals surface area contributed by atoms with Gasteiger partial charge in [-0.3, -0.25) is 4.90 Å². The van der Waals surface area contributed by atoms with Gasteiger partial charge in [0.05, 0.1) is 23.4 Å². The van der Waals surface area contributed by atoms with E-state index in [2.05, 4.69) is 69.9 Å². The Labute approximate surface area is 299 Å². The molecular formula is C37H40FN7O3S2. The number of carboxylic acids is 1. The number of aromatic carboxylic acids is 1. The van der Waals surface area contributed by atoms with Gasteiger partial charge in [-0.15, -0.1) is 21.5 Å². The Morgan fingerprint density at radius 2 is 1.92 bits per heavy atom. The van der Waals surface area contributed by atoms with Gasteiger partial charge in [-0.05, 0) is 90.6 Å². The molecule has 2 N–H and O–H groups in total. The zero-order valence-electron chi connectivity index (χ0n) is 28.8. The number of nitrogens with one attached hydrogen (secondary N) is 1. The van der Waals surface area contributed by atoms with E-state index in [9.17, 15) is 14.3 Å². The van der Waals surface area contributed by atoms with Crippen molar-refractivity contribution in [3.63, 3.8) is 0 Å². The lowest BCUT2D eigenvalue weighted by Gasteiger charge is -2.28. The highest BCUT2D eigenvalue weighted by Crippen LogP contribution is 2.39. The number of aryl methyl sites for hydroxylation is 1. The molecule has 0 saturated carbocycles. The molecule has 0 radical (unpaired) electrons. The Hall–Kier alpha value is -4.64. The molecule has 2 aromatic carbocycles. The number of hydrogen-bond acceptors (Lipinski definition) is 11. The van der Waals surface area contributed by atoms with E-state index in [1.807, 2.05) is 36.1 Å². The largest absolute Gasteiger partial charge is 0.491 e. The number of aromatic nitrogens is 4. The van der Waals surface area contributed by atoms with Crippen LogP contribution in [0, 0.1) is 24.6 Å². The van der Waals surface area contributed by atoms with Gasteiger partial charge < -0.3 is 20.1 Å². The van der Waals surface area contributed by atoms with Crippen molar-refractivity contribution in [3.05, 3.63) is 75.5 Å². The molecule has 0 unspecified atom stereocenters. The van der Waals surface area contributed by atoms with E-state index in [4.69, 9.17) is 4.74 Å². The van der Waals surface area contributed by atoms with Crippen LogP contribution in [0.5, 0.6) is 5.75 Å². The van der Waals surface area contributed by atoms with Gasteiger partial charge >= 0.3 is 5.97 Å². The van der Waals surface area contributed by atoms with Crippen molar-refractivity contribution in [1.29, 1.82) is 0 Å². The first kappa shape index (κ1) is 35.2. The topological polar surface area (TPSA) is 117 Å². The SMILES string of the molecule is Cc1c(Nc2nc3ccccc3s2)nnc2c1CCCN2c1nc(C(=O)O)c(CCCOc2ccc(C#CCN(C(C)C)C(C)C)cc2F)s1.